The van der Waals surface area contributed by atoms with Crippen LogP contribution in [0.1, 0.15) is 33.6 Å². The van der Waals surface area contributed by atoms with Crippen LogP contribution in [0.5, 0.6) is 0 Å². The minimum Gasteiger partial charge on any atom is -0.375 e. The molecule has 1 fully saturated rings. The molecule has 76 valence electrons. The normalized spacial score (nSPS) is 24.7. The van der Waals surface area contributed by atoms with Crippen LogP contribution in [0, 0.1) is 0 Å². The van der Waals surface area contributed by atoms with Gasteiger partial charge in [0.1, 0.15) is 11.0 Å². The number of hydrogen-bond donors (Lipinski definition) is 0. The Hall–Kier alpha value is -0.220. The lowest BCUT2D eigenvalue weighted by molar-refractivity contribution is 0.154. The molecule has 0 radical (unpaired) electrons. The molecule has 0 aromatic rings. The maximum Gasteiger partial charge on any atom is 0.144 e. The first-order valence-corrected chi connectivity index (χ1v) is 5.67. The van der Waals surface area contributed by atoms with E-state index in [9.17, 15) is 4.21 Å². The average molecular weight is 203 g/mol. The molecule has 0 aliphatic carbocycles. The van der Waals surface area contributed by atoms with Crippen LogP contribution in [0.4, 0.5) is 0 Å². The molecule has 0 amide bonds. The van der Waals surface area contributed by atoms with E-state index in [-0.39, 0.29) is 4.75 Å². The van der Waals surface area contributed by atoms with Gasteiger partial charge < -0.3 is 4.74 Å². The number of nitrogens with zero attached hydrogens (tertiary/aromatic N) is 1. The van der Waals surface area contributed by atoms with E-state index < -0.39 is 11.0 Å². The quantitative estimate of drug-likeness (QED) is 0.650. The number of hydrogen-bond acceptors (Lipinski definition) is 2. The summed E-state index contributed by atoms with van der Waals surface area (Å²) in [6.45, 7) is 7.15. The highest BCUT2D eigenvalue weighted by Gasteiger charge is 2.20. The minimum absolute atomic E-state index is 0.259. The summed E-state index contributed by atoms with van der Waals surface area (Å²) in [6.07, 6.45) is 1.93. The van der Waals surface area contributed by atoms with E-state index in [1.54, 1.807) is 0 Å². The lowest BCUT2D eigenvalue weighted by Crippen LogP contribution is -2.24. The van der Waals surface area contributed by atoms with Gasteiger partial charge in [0.15, 0.2) is 0 Å². The molecular weight excluding hydrogens is 186 g/mol. The molecule has 0 aromatic carbocycles. The topological polar surface area (TPSA) is 38.7 Å². The van der Waals surface area contributed by atoms with Crippen LogP contribution in [-0.4, -0.2) is 27.9 Å². The van der Waals surface area contributed by atoms with E-state index in [4.69, 9.17) is 4.74 Å². The predicted octanol–water partition coefficient (Wildman–Crippen LogP) is 1.70. The largest absolute Gasteiger partial charge is 0.375 e. The maximum absolute atomic E-state index is 11.6. The van der Waals surface area contributed by atoms with Gasteiger partial charge in [0.2, 0.25) is 0 Å². The monoisotopic (exact) mass is 203 g/mol. The van der Waals surface area contributed by atoms with Crippen molar-refractivity contribution in [2.75, 3.05) is 13.2 Å². The Morgan fingerprint density at radius 2 is 2.15 bits per heavy atom. The summed E-state index contributed by atoms with van der Waals surface area (Å²) < 4.78 is 20.7. The van der Waals surface area contributed by atoms with Crippen LogP contribution in [0.15, 0.2) is 4.40 Å². The zero-order chi connectivity index (χ0) is 9.90. The van der Waals surface area contributed by atoms with Crippen LogP contribution in [0.2, 0.25) is 0 Å². The van der Waals surface area contributed by atoms with Gasteiger partial charge in [0, 0.05) is 6.61 Å². The molecule has 1 atom stereocenters. The van der Waals surface area contributed by atoms with Gasteiger partial charge in [0.05, 0.1) is 17.1 Å². The second-order valence-corrected chi connectivity index (χ2v) is 6.08. The van der Waals surface area contributed by atoms with E-state index in [2.05, 4.69) is 4.40 Å². The first-order valence-electron chi connectivity index (χ1n) is 4.56. The van der Waals surface area contributed by atoms with Gasteiger partial charge in [-0.05, 0) is 33.6 Å². The van der Waals surface area contributed by atoms with Gasteiger partial charge in [-0.2, -0.15) is 4.40 Å². The lowest BCUT2D eigenvalue weighted by Gasteiger charge is -2.17. The predicted molar refractivity (Wildman–Crippen MR) is 55.4 cm³/mol. The number of ether oxygens (including phenoxy) is 1. The van der Waals surface area contributed by atoms with Gasteiger partial charge in [-0.25, -0.2) is 4.21 Å². The van der Waals surface area contributed by atoms with Crippen molar-refractivity contribution >= 4 is 16.7 Å². The highest BCUT2D eigenvalue weighted by molar-refractivity contribution is 7.85. The highest BCUT2D eigenvalue weighted by atomic mass is 32.2. The van der Waals surface area contributed by atoms with Crippen LogP contribution >= 0.6 is 0 Å². The van der Waals surface area contributed by atoms with Crippen molar-refractivity contribution < 1.29 is 8.95 Å². The molecule has 0 N–H and O–H groups in total. The van der Waals surface area contributed by atoms with Gasteiger partial charge >= 0.3 is 0 Å². The lowest BCUT2D eigenvalue weighted by atomic mass is 10.2. The summed E-state index contributed by atoms with van der Waals surface area (Å²) in [7, 11) is -1.13. The molecule has 1 saturated heterocycles. The molecule has 1 rings (SSSR count). The fraction of sp³-hybridized carbons (Fsp3) is 0.889. The maximum atomic E-state index is 11.6. The fourth-order valence-corrected chi connectivity index (χ4v) is 1.62. The van der Waals surface area contributed by atoms with E-state index in [1.165, 1.54) is 0 Å². The Balaban J connectivity index is 2.59. The van der Waals surface area contributed by atoms with Crippen LogP contribution in [0.25, 0.3) is 0 Å². The molecule has 0 saturated carbocycles. The molecule has 0 spiro atoms. The van der Waals surface area contributed by atoms with Crippen LogP contribution in [0.3, 0.4) is 0 Å². The summed E-state index contributed by atoms with van der Waals surface area (Å²) in [6, 6.07) is 0. The summed E-state index contributed by atoms with van der Waals surface area (Å²) in [4.78, 5) is 0. The zero-order valence-electron chi connectivity index (χ0n) is 8.50. The van der Waals surface area contributed by atoms with Crippen molar-refractivity contribution in [1.82, 2.24) is 0 Å². The van der Waals surface area contributed by atoms with Crippen molar-refractivity contribution in [2.45, 2.75) is 38.4 Å². The SMILES string of the molecule is CC(C)(C)S(=O)/N=C1/CCCOC1. The second kappa shape index (κ2) is 4.33. The molecule has 1 heterocycles. The van der Waals surface area contributed by atoms with Gasteiger partial charge in [-0.3, -0.25) is 0 Å². The van der Waals surface area contributed by atoms with E-state index in [1.807, 2.05) is 20.8 Å². The van der Waals surface area contributed by atoms with Crippen molar-refractivity contribution in [2.24, 2.45) is 4.40 Å². The first-order chi connectivity index (χ1) is 6.00. The molecule has 1 aliphatic heterocycles. The average Bonchev–Trinajstić information content (AvgIpc) is 2.04. The Kier molecular flexibility index (Phi) is 3.62. The molecule has 3 nitrogen and oxygen atoms in total. The molecule has 1 unspecified atom stereocenters. The van der Waals surface area contributed by atoms with E-state index in [0.29, 0.717) is 6.61 Å². The van der Waals surface area contributed by atoms with Crippen molar-refractivity contribution in [3.05, 3.63) is 0 Å². The third-order valence-corrected chi connectivity index (χ3v) is 3.23. The summed E-state index contributed by atoms with van der Waals surface area (Å²) >= 11 is 0. The molecule has 1 aliphatic rings. The Morgan fingerprint density at radius 1 is 1.46 bits per heavy atom. The highest BCUT2D eigenvalue weighted by Crippen LogP contribution is 2.14. The van der Waals surface area contributed by atoms with E-state index in [0.717, 1.165) is 25.2 Å². The Bertz CT molecular complexity index is 222. The standard InChI is InChI=1S/C9H17NO2S/c1-9(2,3)13(11)10-8-5-4-6-12-7-8/h4-7H2,1-3H3/b10-8-. The van der Waals surface area contributed by atoms with Crippen LogP contribution < -0.4 is 0 Å². The molecule has 0 aromatic heterocycles. The molecule has 4 heteroatoms. The fourth-order valence-electron chi connectivity index (χ4n) is 0.967. The third kappa shape index (κ3) is 3.56. The molecular formula is C9H17NO2S. The van der Waals surface area contributed by atoms with Crippen molar-refractivity contribution in [1.29, 1.82) is 0 Å². The van der Waals surface area contributed by atoms with Crippen molar-refractivity contribution in [3.63, 3.8) is 0 Å². The smallest absolute Gasteiger partial charge is 0.144 e. The molecule has 0 bridgehead atoms. The van der Waals surface area contributed by atoms with E-state index >= 15 is 0 Å². The zero-order valence-corrected chi connectivity index (χ0v) is 9.32. The van der Waals surface area contributed by atoms with Gasteiger partial charge in [0.25, 0.3) is 0 Å². The Morgan fingerprint density at radius 3 is 2.62 bits per heavy atom. The number of rotatable bonds is 1. The minimum atomic E-state index is -1.13. The van der Waals surface area contributed by atoms with Gasteiger partial charge in [-0.1, -0.05) is 0 Å². The summed E-state index contributed by atoms with van der Waals surface area (Å²) in [5, 5.41) is 0. The van der Waals surface area contributed by atoms with Gasteiger partial charge in [-0.15, -0.1) is 0 Å². The van der Waals surface area contributed by atoms with Crippen LogP contribution in [-0.2, 0) is 15.7 Å². The van der Waals surface area contributed by atoms with Crippen molar-refractivity contribution in [3.8, 4) is 0 Å². The second-order valence-electron chi connectivity index (χ2n) is 4.18. The molecule has 13 heavy (non-hydrogen) atoms. The summed E-state index contributed by atoms with van der Waals surface area (Å²) in [5.74, 6) is 0. The Labute approximate surface area is 82.2 Å². The summed E-state index contributed by atoms with van der Waals surface area (Å²) in [5.41, 5.74) is 0.944. The third-order valence-electron chi connectivity index (χ3n) is 1.76. The first kappa shape index (κ1) is 10.9.